The molecule has 1 aliphatic carbocycles. The van der Waals surface area contributed by atoms with E-state index >= 15 is 0 Å². The number of halogens is 2. The van der Waals surface area contributed by atoms with E-state index in [0.717, 1.165) is 17.7 Å². The van der Waals surface area contributed by atoms with Gasteiger partial charge in [0.2, 0.25) is 5.92 Å². The van der Waals surface area contributed by atoms with E-state index in [0.29, 0.717) is 6.42 Å². The van der Waals surface area contributed by atoms with Gasteiger partial charge < -0.3 is 5.32 Å². The Morgan fingerprint density at radius 2 is 2.33 bits per heavy atom. The highest BCUT2D eigenvalue weighted by Gasteiger charge is 2.42. The van der Waals surface area contributed by atoms with Gasteiger partial charge >= 0.3 is 0 Å². The molecule has 2 rings (SSSR count). The van der Waals surface area contributed by atoms with Gasteiger partial charge in [0.05, 0.1) is 0 Å². The first-order chi connectivity index (χ1) is 8.53. The van der Waals surface area contributed by atoms with Crippen LogP contribution in [0.1, 0.15) is 43.4 Å². The average molecular weight is 254 g/mol. The third-order valence-corrected chi connectivity index (χ3v) is 3.75. The predicted octanol–water partition coefficient (Wildman–Crippen LogP) is 3.48. The fraction of sp³-hybridized carbons (Fsp3) is 0.643. The number of aryl methyl sites for hydroxylation is 1. The van der Waals surface area contributed by atoms with Gasteiger partial charge in [-0.05, 0) is 43.0 Å². The molecule has 1 heterocycles. The topological polar surface area (TPSA) is 24.9 Å². The summed E-state index contributed by atoms with van der Waals surface area (Å²) < 4.78 is 26.7. The Hall–Kier alpha value is -1.03. The van der Waals surface area contributed by atoms with Gasteiger partial charge in [-0.3, -0.25) is 4.98 Å². The van der Waals surface area contributed by atoms with E-state index in [1.807, 2.05) is 19.9 Å². The van der Waals surface area contributed by atoms with E-state index < -0.39 is 5.92 Å². The van der Waals surface area contributed by atoms with E-state index in [1.165, 1.54) is 0 Å². The Morgan fingerprint density at radius 1 is 1.56 bits per heavy atom. The highest BCUT2D eigenvalue weighted by Crippen LogP contribution is 2.44. The van der Waals surface area contributed by atoms with Gasteiger partial charge in [-0.15, -0.1) is 0 Å². The van der Waals surface area contributed by atoms with Crippen molar-refractivity contribution in [3.63, 3.8) is 0 Å². The quantitative estimate of drug-likeness (QED) is 0.889. The van der Waals surface area contributed by atoms with Crippen molar-refractivity contribution in [2.24, 2.45) is 5.92 Å². The summed E-state index contributed by atoms with van der Waals surface area (Å²) in [4.78, 5) is 4.13. The fourth-order valence-electron chi connectivity index (χ4n) is 2.82. The summed E-state index contributed by atoms with van der Waals surface area (Å²) in [5, 5.41) is 3.35. The van der Waals surface area contributed by atoms with Crippen molar-refractivity contribution in [1.29, 1.82) is 0 Å². The zero-order valence-electron chi connectivity index (χ0n) is 10.9. The number of hydrogen-bond donors (Lipinski definition) is 1. The van der Waals surface area contributed by atoms with Crippen molar-refractivity contribution in [2.75, 3.05) is 6.54 Å². The van der Waals surface area contributed by atoms with Gasteiger partial charge in [0, 0.05) is 31.3 Å². The maximum atomic E-state index is 13.4. The lowest BCUT2D eigenvalue weighted by Crippen LogP contribution is -2.28. The SMILES string of the molecule is CCNC(c1cnccc1C)C1CCC(F)(F)C1. The normalized spacial score (nSPS) is 24.1. The minimum atomic E-state index is -2.49. The molecule has 1 fully saturated rings. The van der Waals surface area contributed by atoms with Gasteiger partial charge in [-0.2, -0.15) is 0 Å². The molecule has 0 spiro atoms. The molecule has 0 amide bonds. The van der Waals surface area contributed by atoms with Crippen molar-refractivity contribution in [3.8, 4) is 0 Å². The fourth-order valence-corrected chi connectivity index (χ4v) is 2.82. The largest absolute Gasteiger partial charge is 0.310 e. The average Bonchev–Trinajstić information content (AvgIpc) is 2.68. The second kappa shape index (κ2) is 5.31. The molecule has 0 aliphatic heterocycles. The summed E-state index contributed by atoms with van der Waals surface area (Å²) in [7, 11) is 0. The molecule has 0 saturated heterocycles. The third-order valence-electron chi connectivity index (χ3n) is 3.75. The second-order valence-corrected chi connectivity index (χ2v) is 5.13. The molecule has 1 aromatic heterocycles. The lowest BCUT2D eigenvalue weighted by molar-refractivity contribution is 0.00327. The number of alkyl halides is 2. The minimum absolute atomic E-state index is 0.00264. The second-order valence-electron chi connectivity index (χ2n) is 5.13. The Bertz CT molecular complexity index is 407. The van der Waals surface area contributed by atoms with Gasteiger partial charge in [-0.25, -0.2) is 8.78 Å². The van der Waals surface area contributed by atoms with Crippen molar-refractivity contribution < 1.29 is 8.78 Å². The van der Waals surface area contributed by atoms with Crippen LogP contribution in [0.5, 0.6) is 0 Å². The molecule has 100 valence electrons. The molecule has 0 aromatic carbocycles. The van der Waals surface area contributed by atoms with E-state index in [2.05, 4.69) is 10.3 Å². The molecule has 0 bridgehead atoms. The Labute approximate surface area is 107 Å². The molecule has 1 saturated carbocycles. The summed E-state index contributed by atoms with van der Waals surface area (Å²) >= 11 is 0. The standard InChI is InChI=1S/C14H20F2N2/c1-3-18-13(11-4-6-14(15,16)8-11)12-9-17-7-5-10(12)2/h5,7,9,11,13,18H,3-4,6,8H2,1-2H3. The number of pyridine rings is 1. The molecule has 2 nitrogen and oxygen atoms in total. The lowest BCUT2D eigenvalue weighted by Gasteiger charge is -2.26. The monoisotopic (exact) mass is 254 g/mol. The molecule has 1 aromatic rings. The van der Waals surface area contributed by atoms with Crippen molar-refractivity contribution in [2.45, 2.75) is 45.1 Å². The molecular weight excluding hydrogens is 234 g/mol. The summed E-state index contributed by atoms with van der Waals surface area (Å²) in [6, 6.07) is 1.93. The van der Waals surface area contributed by atoms with Crippen LogP contribution in [-0.2, 0) is 0 Å². The molecule has 1 N–H and O–H groups in total. The van der Waals surface area contributed by atoms with Crippen LogP contribution in [0.25, 0.3) is 0 Å². The first kappa shape index (κ1) is 13.4. The Morgan fingerprint density at radius 3 is 2.89 bits per heavy atom. The smallest absolute Gasteiger partial charge is 0.248 e. The van der Waals surface area contributed by atoms with E-state index in [1.54, 1.807) is 12.4 Å². The van der Waals surface area contributed by atoms with Gasteiger partial charge in [0.1, 0.15) is 0 Å². The first-order valence-electron chi connectivity index (χ1n) is 6.55. The number of hydrogen-bond acceptors (Lipinski definition) is 2. The third kappa shape index (κ3) is 2.86. The summed E-state index contributed by atoms with van der Waals surface area (Å²) in [5.41, 5.74) is 2.17. The Kier molecular flexibility index (Phi) is 3.95. The van der Waals surface area contributed by atoms with Crippen LogP contribution in [0.2, 0.25) is 0 Å². The van der Waals surface area contributed by atoms with Crippen LogP contribution in [0, 0.1) is 12.8 Å². The lowest BCUT2D eigenvalue weighted by atomic mass is 9.90. The number of nitrogens with zero attached hydrogens (tertiary/aromatic N) is 1. The molecule has 18 heavy (non-hydrogen) atoms. The van der Waals surface area contributed by atoms with Gasteiger partial charge in [0.25, 0.3) is 0 Å². The first-order valence-corrected chi connectivity index (χ1v) is 6.55. The van der Waals surface area contributed by atoms with Crippen LogP contribution >= 0.6 is 0 Å². The van der Waals surface area contributed by atoms with E-state index in [-0.39, 0.29) is 24.8 Å². The van der Waals surface area contributed by atoms with E-state index in [4.69, 9.17) is 0 Å². The molecule has 0 radical (unpaired) electrons. The molecule has 2 atom stereocenters. The zero-order valence-corrected chi connectivity index (χ0v) is 10.9. The molecule has 2 unspecified atom stereocenters. The van der Waals surface area contributed by atoms with Crippen molar-refractivity contribution in [3.05, 3.63) is 29.6 Å². The summed E-state index contributed by atoms with van der Waals surface area (Å²) in [5.74, 6) is -2.49. The highest BCUT2D eigenvalue weighted by atomic mass is 19.3. The zero-order chi connectivity index (χ0) is 13.2. The Balaban J connectivity index is 2.22. The maximum absolute atomic E-state index is 13.4. The predicted molar refractivity (Wildman–Crippen MR) is 67.7 cm³/mol. The summed E-state index contributed by atoms with van der Waals surface area (Å²) in [6.07, 6.45) is 4.13. The minimum Gasteiger partial charge on any atom is -0.310 e. The van der Waals surface area contributed by atoms with Gasteiger partial charge in [-0.1, -0.05) is 6.92 Å². The van der Waals surface area contributed by atoms with Crippen LogP contribution < -0.4 is 5.32 Å². The van der Waals surface area contributed by atoms with Crippen LogP contribution in [0.3, 0.4) is 0 Å². The highest BCUT2D eigenvalue weighted by molar-refractivity contribution is 5.26. The van der Waals surface area contributed by atoms with Crippen LogP contribution in [0.15, 0.2) is 18.5 Å². The summed E-state index contributed by atoms with van der Waals surface area (Å²) in [6.45, 7) is 4.79. The van der Waals surface area contributed by atoms with Crippen LogP contribution in [-0.4, -0.2) is 17.5 Å². The van der Waals surface area contributed by atoms with Gasteiger partial charge in [0.15, 0.2) is 0 Å². The molecule has 1 aliphatic rings. The molecule has 4 heteroatoms. The van der Waals surface area contributed by atoms with Crippen molar-refractivity contribution >= 4 is 0 Å². The van der Waals surface area contributed by atoms with E-state index in [9.17, 15) is 8.78 Å². The number of aromatic nitrogens is 1. The van der Waals surface area contributed by atoms with Crippen molar-refractivity contribution in [1.82, 2.24) is 10.3 Å². The maximum Gasteiger partial charge on any atom is 0.248 e. The number of rotatable bonds is 4. The number of nitrogens with one attached hydrogen (secondary N) is 1. The van der Waals surface area contributed by atoms with Crippen LogP contribution in [0.4, 0.5) is 8.78 Å². The molecular formula is C14H20F2N2.